The number of hydrogen-bond donors (Lipinski definition) is 0. The maximum absolute atomic E-state index is 12.9. The summed E-state index contributed by atoms with van der Waals surface area (Å²) in [5.74, 6) is 0.814. The minimum atomic E-state index is -3.58. The number of aryl methyl sites for hydroxylation is 1. The number of amides is 1. The van der Waals surface area contributed by atoms with Crippen molar-refractivity contribution in [3.05, 3.63) is 41.0 Å². The van der Waals surface area contributed by atoms with E-state index in [-0.39, 0.29) is 10.8 Å². The van der Waals surface area contributed by atoms with E-state index in [4.69, 9.17) is 11.6 Å². The molecule has 7 nitrogen and oxygen atoms in total. The van der Waals surface area contributed by atoms with Crippen molar-refractivity contribution in [2.45, 2.75) is 36.6 Å². The number of aromatic nitrogens is 2. The van der Waals surface area contributed by atoms with E-state index < -0.39 is 15.6 Å². The highest BCUT2D eigenvalue weighted by atomic mass is 35.5. The first-order valence-corrected chi connectivity index (χ1v) is 10.6. The summed E-state index contributed by atoms with van der Waals surface area (Å²) in [7, 11) is -1.83. The zero-order valence-electron chi connectivity index (χ0n) is 15.2. The molecule has 1 saturated heterocycles. The Labute approximate surface area is 163 Å². The van der Waals surface area contributed by atoms with Gasteiger partial charge in [0.1, 0.15) is 5.82 Å². The Hall–Kier alpha value is -1.90. The Morgan fingerprint density at radius 2 is 1.78 bits per heavy atom. The third kappa shape index (κ3) is 2.96. The third-order valence-electron chi connectivity index (χ3n) is 5.56. The summed E-state index contributed by atoms with van der Waals surface area (Å²) in [5, 5.41) is 5.11. The predicted molar refractivity (Wildman–Crippen MR) is 102 cm³/mol. The fraction of sp³-hybridized carbons (Fsp3) is 0.444. The van der Waals surface area contributed by atoms with Gasteiger partial charge in [0.25, 0.3) is 0 Å². The summed E-state index contributed by atoms with van der Waals surface area (Å²) in [4.78, 5) is 14.4. The standard InChI is InChI=1S/C18H21ClN4O3S/c1-13-11-16-21(2)17(24)12-18(23(16)20-13)7-9-22(10-8-18)27(25,26)15-5-3-14(19)4-6-15/h3-6,11H,7-10,12H2,1-2H3. The summed E-state index contributed by atoms with van der Waals surface area (Å²) in [6, 6.07) is 8.10. The Kier molecular flexibility index (Phi) is 4.32. The highest BCUT2D eigenvalue weighted by molar-refractivity contribution is 7.89. The Morgan fingerprint density at radius 1 is 1.15 bits per heavy atom. The van der Waals surface area contributed by atoms with Crippen LogP contribution in [0.25, 0.3) is 0 Å². The van der Waals surface area contributed by atoms with Crippen LogP contribution in [0.3, 0.4) is 0 Å². The molecule has 1 fully saturated rings. The molecule has 4 rings (SSSR count). The normalized spacial score (nSPS) is 20.1. The number of fused-ring (bicyclic) bond motifs is 2. The quantitative estimate of drug-likeness (QED) is 0.764. The molecule has 0 saturated carbocycles. The minimum Gasteiger partial charge on any atom is -0.300 e. The number of anilines is 1. The molecule has 0 atom stereocenters. The molecule has 0 bridgehead atoms. The number of nitrogens with zero attached hydrogens (tertiary/aromatic N) is 4. The molecule has 0 unspecified atom stereocenters. The summed E-state index contributed by atoms with van der Waals surface area (Å²) >= 11 is 5.87. The van der Waals surface area contributed by atoms with Gasteiger partial charge in [0, 0.05) is 31.2 Å². The van der Waals surface area contributed by atoms with E-state index in [2.05, 4.69) is 5.10 Å². The number of hydrogen-bond acceptors (Lipinski definition) is 4. The van der Waals surface area contributed by atoms with Crippen molar-refractivity contribution >= 4 is 33.3 Å². The average molecular weight is 409 g/mol. The second-order valence-electron chi connectivity index (χ2n) is 7.27. The molecule has 1 aromatic carbocycles. The zero-order valence-corrected chi connectivity index (χ0v) is 16.8. The van der Waals surface area contributed by atoms with E-state index >= 15 is 0 Å². The van der Waals surface area contributed by atoms with Crippen molar-refractivity contribution in [2.75, 3.05) is 25.0 Å². The molecule has 1 spiro atoms. The fourth-order valence-corrected chi connectivity index (χ4v) is 5.53. The molecule has 27 heavy (non-hydrogen) atoms. The Bertz CT molecular complexity index is 992. The van der Waals surface area contributed by atoms with Crippen molar-refractivity contribution in [3.8, 4) is 0 Å². The molecule has 2 aliphatic heterocycles. The van der Waals surface area contributed by atoms with Crippen molar-refractivity contribution in [3.63, 3.8) is 0 Å². The van der Waals surface area contributed by atoms with E-state index in [1.54, 1.807) is 24.1 Å². The van der Waals surface area contributed by atoms with E-state index in [9.17, 15) is 13.2 Å². The lowest BCUT2D eigenvalue weighted by Crippen LogP contribution is -2.54. The van der Waals surface area contributed by atoms with Crippen molar-refractivity contribution in [1.29, 1.82) is 0 Å². The van der Waals surface area contributed by atoms with Crippen LogP contribution in [0, 0.1) is 6.92 Å². The molecule has 1 aromatic heterocycles. The number of piperidine rings is 1. The number of rotatable bonds is 2. The molecular formula is C18H21ClN4O3S. The van der Waals surface area contributed by atoms with Crippen LogP contribution < -0.4 is 4.90 Å². The van der Waals surface area contributed by atoms with Crippen LogP contribution in [0.2, 0.25) is 5.02 Å². The molecule has 3 heterocycles. The van der Waals surface area contributed by atoms with Crippen LogP contribution in [0.15, 0.2) is 35.2 Å². The lowest BCUT2D eigenvalue weighted by molar-refractivity contribution is -0.122. The number of sulfonamides is 1. The van der Waals surface area contributed by atoms with Gasteiger partial charge < -0.3 is 4.90 Å². The first-order chi connectivity index (χ1) is 12.7. The third-order valence-corrected chi connectivity index (χ3v) is 7.73. The van der Waals surface area contributed by atoms with Gasteiger partial charge in [-0.05, 0) is 44.0 Å². The van der Waals surface area contributed by atoms with Gasteiger partial charge in [0.15, 0.2) is 0 Å². The van der Waals surface area contributed by atoms with Gasteiger partial charge >= 0.3 is 0 Å². The fourth-order valence-electron chi connectivity index (χ4n) is 3.96. The van der Waals surface area contributed by atoms with E-state index in [1.807, 2.05) is 17.7 Å². The molecule has 2 aromatic rings. The van der Waals surface area contributed by atoms with E-state index in [0.29, 0.717) is 37.4 Å². The van der Waals surface area contributed by atoms with Gasteiger partial charge in [-0.1, -0.05) is 11.6 Å². The molecule has 0 radical (unpaired) electrons. The van der Waals surface area contributed by atoms with Gasteiger partial charge in [-0.15, -0.1) is 0 Å². The van der Waals surface area contributed by atoms with Gasteiger partial charge in [0.2, 0.25) is 15.9 Å². The highest BCUT2D eigenvalue weighted by Crippen LogP contribution is 2.41. The molecule has 9 heteroatoms. The Morgan fingerprint density at radius 3 is 2.41 bits per heavy atom. The van der Waals surface area contributed by atoms with Crippen LogP contribution in [-0.2, 0) is 20.4 Å². The van der Waals surface area contributed by atoms with Crippen LogP contribution in [0.1, 0.15) is 25.0 Å². The molecule has 2 aliphatic rings. The Balaban J connectivity index is 1.61. The molecule has 1 amide bonds. The number of carbonyl (C=O) groups is 1. The largest absolute Gasteiger partial charge is 0.300 e. The lowest BCUT2D eigenvalue weighted by atomic mass is 9.83. The van der Waals surface area contributed by atoms with Crippen molar-refractivity contribution in [1.82, 2.24) is 14.1 Å². The molecule has 0 aliphatic carbocycles. The van der Waals surface area contributed by atoms with Crippen LogP contribution >= 0.6 is 11.6 Å². The van der Waals surface area contributed by atoms with Crippen molar-refractivity contribution in [2.24, 2.45) is 0 Å². The zero-order chi connectivity index (χ0) is 19.4. The summed E-state index contributed by atoms with van der Waals surface area (Å²) in [6.45, 7) is 2.60. The number of benzene rings is 1. The minimum absolute atomic E-state index is 0.0383. The van der Waals surface area contributed by atoms with Gasteiger partial charge in [-0.3, -0.25) is 4.79 Å². The van der Waals surface area contributed by atoms with Gasteiger partial charge in [-0.2, -0.15) is 9.40 Å². The SMILES string of the molecule is Cc1cc2n(n1)C1(CCN(S(=O)(=O)c3ccc(Cl)cc3)CC1)CC(=O)N2C. The molecule has 144 valence electrons. The smallest absolute Gasteiger partial charge is 0.243 e. The van der Waals surface area contributed by atoms with Gasteiger partial charge in [0.05, 0.1) is 22.5 Å². The lowest BCUT2D eigenvalue weighted by Gasteiger charge is -2.45. The van der Waals surface area contributed by atoms with Gasteiger partial charge in [-0.25, -0.2) is 13.1 Å². The van der Waals surface area contributed by atoms with Crippen LogP contribution in [0.5, 0.6) is 0 Å². The molecule has 0 N–H and O–H groups in total. The maximum atomic E-state index is 12.9. The summed E-state index contributed by atoms with van der Waals surface area (Å²) < 4.78 is 29.3. The van der Waals surface area contributed by atoms with E-state index in [1.165, 1.54) is 16.4 Å². The van der Waals surface area contributed by atoms with Crippen molar-refractivity contribution < 1.29 is 13.2 Å². The van der Waals surface area contributed by atoms with E-state index in [0.717, 1.165) is 11.5 Å². The number of halogens is 1. The number of carbonyl (C=O) groups excluding carboxylic acids is 1. The highest BCUT2D eigenvalue weighted by Gasteiger charge is 2.46. The second-order valence-corrected chi connectivity index (χ2v) is 9.64. The molecular weight excluding hydrogens is 388 g/mol. The summed E-state index contributed by atoms with van der Waals surface area (Å²) in [6.07, 6.45) is 1.44. The maximum Gasteiger partial charge on any atom is 0.243 e. The predicted octanol–water partition coefficient (Wildman–Crippen LogP) is 2.39. The average Bonchev–Trinajstić information content (AvgIpc) is 3.04. The first kappa shape index (κ1) is 18.5. The van der Waals surface area contributed by atoms with Crippen LogP contribution in [-0.4, -0.2) is 48.5 Å². The monoisotopic (exact) mass is 408 g/mol. The topological polar surface area (TPSA) is 75.5 Å². The van der Waals surface area contributed by atoms with Crippen LogP contribution in [0.4, 0.5) is 5.82 Å². The summed E-state index contributed by atoms with van der Waals surface area (Å²) in [5.41, 5.74) is 0.390. The second kappa shape index (κ2) is 6.32. The first-order valence-electron chi connectivity index (χ1n) is 8.82.